The van der Waals surface area contributed by atoms with Crippen LogP contribution in [0.3, 0.4) is 0 Å². The zero-order valence-corrected chi connectivity index (χ0v) is 18.2. The predicted octanol–water partition coefficient (Wildman–Crippen LogP) is 5.38. The Morgan fingerprint density at radius 3 is 2.42 bits per heavy atom. The summed E-state index contributed by atoms with van der Waals surface area (Å²) in [6, 6.07) is 22.3. The van der Waals surface area contributed by atoms with Crippen molar-refractivity contribution in [1.29, 1.82) is 5.26 Å². The van der Waals surface area contributed by atoms with E-state index >= 15 is 0 Å². The number of rotatable bonds is 7. The molecule has 158 valence electrons. The monoisotopic (exact) mass is 411 g/mol. The molecule has 31 heavy (non-hydrogen) atoms. The molecule has 1 aliphatic heterocycles. The van der Waals surface area contributed by atoms with Crippen molar-refractivity contribution in [2.45, 2.75) is 45.6 Å². The molecule has 3 aromatic rings. The molecule has 0 N–H and O–H groups in total. The maximum Gasteiger partial charge on any atom is 0.274 e. The SMILES string of the molecule is CCCCc1ccc(N2CCCC2)c(=O)n1Cc1ccc(-c2ccccc2C#N)cc1. The second-order valence-electron chi connectivity index (χ2n) is 8.25. The second-order valence-corrected chi connectivity index (χ2v) is 8.25. The molecule has 0 unspecified atom stereocenters. The number of benzene rings is 2. The van der Waals surface area contributed by atoms with Crippen molar-refractivity contribution in [1.82, 2.24) is 4.57 Å². The zero-order valence-electron chi connectivity index (χ0n) is 18.2. The van der Waals surface area contributed by atoms with Gasteiger partial charge in [-0.05, 0) is 60.6 Å². The maximum absolute atomic E-state index is 13.4. The number of aromatic nitrogens is 1. The Labute approximate surface area is 184 Å². The van der Waals surface area contributed by atoms with E-state index < -0.39 is 0 Å². The van der Waals surface area contributed by atoms with Gasteiger partial charge in [0, 0.05) is 18.8 Å². The number of aryl methyl sites for hydroxylation is 1. The Balaban J connectivity index is 1.65. The lowest BCUT2D eigenvalue weighted by atomic mass is 9.99. The quantitative estimate of drug-likeness (QED) is 0.525. The summed E-state index contributed by atoms with van der Waals surface area (Å²) in [5.41, 5.74) is 5.78. The van der Waals surface area contributed by atoms with Crippen LogP contribution in [0, 0.1) is 11.3 Å². The van der Waals surface area contributed by atoms with Crippen LogP contribution in [0.4, 0.5) is 5.69 Å². The summed E-state index contributed by atoms with van der Waals surface area (Å²) < 4.78 is 1.96. The molecule has 0 saturated carbocycles. The highest BCUT2D eigenvalue weighted by Crippen LogP contribution is 2.24. The molecular weight excluding hydrogens is 382 g/mol. The fraction of sp³-hybridized carbons (Fsp3) is 0.333. The summed E-state index contributed by atoms with van der Waals surface area (Å²) in [5.74, 6) is 0. The molecule has 0 radical (unpaired) electrons. The van der Waals surface area contributed by atoms with Gasteiger partial charge in [-0.3, -0.25) is 4.79 Å². The lowest BCUT2D eigenvalue weighted by Gasteiger charge is -2.21. The van der Waals surface area contributed by atoms with Crippen molar-refractivity contribution >= 4 is 5.69 Å². The van der Waals surface area contributed by atoms with Gasteiger partial charge in [0.2, 0.25) is 0 Å². The summed E-state index contributed by atoms with van der Waals surface area (Å²) in [4.78, 5) is 15.6. The molecule has 2 aromatic carbocycles. The average molecular weight is 412 g/mol. The molecule has 2 heterocycles. The van der Waals surface area contributed by atoms with Crippen molar-refractivity contribution in [2.75, 3.05) is 18.0 Å². The predicted molar refractivity (Wildman–Crippen MR) is 126 cm³/mol. The van der Waals surface area contributed by atoms with Crippen molar-refractivity contribution in [3.63, 3.8) is 0 Å². The van der Waals surface area contributed by atoms with E-state index in [9.17, 15) is 10.1 Å². The highest BCUT2D eigenvalue weighted by Gasteiger charge is 2.18. The zero-order chi connectivity index (χ0) is 21.6. The van der Waals surface area contributed by atoms with Gasteiger partial charge in [0.25, 0.3) is 5.56 Å². The van der Waals surface area contributed by atoms with Crippen molar-refractivity contribution in [2.24, 2.45) is 0 Å². The number of hydrogen-bond donors (Lipinski definition) is 0. The number of nitriles is 1. The maximum atomic E-state index is 13.4. The third-order valence-electron chi connectivity index (χ3n) is 6.13. The summed E-state index contributed by atoms with van der Waals surface area (Å²) in [6.07, 6.45) is 5.41. The van der Waals surface area contributed by atoms with Gasteiger partial charge in [0.05, 0.1) is 18.2 Å². The molecule has 4 rings (SSSR count). The fourth-order valence-corrected chi connectivity index (χ4v) is 4.36. The normalized spacial score (nSPS) is 13.4. The first-order valence-electron chi connectivity index (χ1n) is 11.3. The van der Waals surface area contributed by atoms with E-state index in [2.05, 4.69) is 36.1 Å². The molecule has 0 bridgehead atoms. The van der Waals surface area contributed by atoms with E-state index in [0.717, 1.165) is 73.3 Å². The van der Waals surface area contributed by atoms with Gasteiger partial charge < -0.3 is 9.47 Å². The lowest BCUT2D eigenvalue weighted by molar-refractivity contribution is 0.664. The molecule has 4 nitrogen and oxygen atoms in total. The first kappa shape index (κ1) is 20.9. The van der Waals surface area contributed by atoms with Crippen LogP contribution >= 0.6 is 0 Å². The van der Waals surface area contributed by atoms with Gasteiger partial charge >= 0.3 is 0 Å². The first-order chi connectivity index (χ1) is 15.2. The van der Waals surface area contributed by atoms with Crippen LogP contribution in [0.15, 0.2) is 65.5 Å². The number of hydrogen-bond acceptors (Lipinski definition) is 3. The summed E-state index contributed by atoms with van der Waals surface area (Å²) in [7, 11) is 0. The highest BCUT2D eigenvalue weighted by atomic mass is 16.1. The third kappa shape index (κ3) is 4.56. The Hall–Kier alpha value is -3.32. The standard InChI is InChI=1S/C27H29N3O/c1-2-3-9-24-15-16-26(29-17-6-7-18-29)27(31)30(24)20-21-11-13-22(14-12-21)25-10-5-4-8-23(25)19-28/h4-5,8,10-16H,2-3,6-7,9,17-18,20H2,1H3. The Bertz CT molecular complexity index is 1130. The Morgan fingerprint density at radius 2 is 1.71 bits per heavy atom. The minimum absolute atomic E-state index is 0.120. The fourth-order valence-electron chi connectivity index (χ4n) is 4.36. The lowest BCUT2D eigenvalue weighted by Crippen LogP contribution is -2.32. The summed E-state index contributed by atoms with van der Waals surface area (Å²) in [5, 5.41) is 9.38. The van der Waals surface area contributed by atoms with Crippen molar-refractivity contribution in [3.8, 4) is 17.2 Å². The van der Waals surface area contributed by atoms with Crippen LogP contribution in [0.1, 0.15) is 49.4 Å². The van der Waals surface area contributed by atoms with E-state index in [1.165, 1.54) is 0 Å². The van der Waals surface area contributed by atoms with Crippen LogP contribution < -0.4 is 10.5 Å². The minimum Gasteiger partial charge on any atom is -0.367 e. The van der Waals surface area contributed by atoms with Crippen LogP contribution in [-0.4, -0.2) is 17.7 Å². The van der Waals surface area contributed by atoms with Crippen molar-refractivity contribution in [3.05, 3.63) is 87.8 Å². The van der Waals surface area contributed by atoms with E-state index in [1.807, 2.05) is 47.0 Å². The molecule has 1 saturated heterocycles. The molecule has 1 fully saturated rings. The number of pyridine rings is 1. The molecule has 4 heteroatoms. The van der Waals surface area contributed by atoms with Crippen LogP contribution in [-0.2, 0) is 13.0 Å². The molecule has 0 atom stereocenters. The van der Waals surface area contributed by atoms with Gasteiger partial charge in [-0.2, -0.15) is 5.26 Å². The molecular formula is C27H29N3O. The van der Waals surface area contributed by atoms with Gasteiger partial charge in [0.1, 0.15) is 5.69 Å². The Morgan fingerprint density at radius 1 is 0.968 bits per heavy atom. The molecule has 0 aliphatic carbocycles. The molecule has 1 aliphatic rings. The molecule has 0 spiro atoms. The number of unbranched alkanes of at least 4 members (excludes halogenated alkanes) is 1. The van der Waals surface area contributed by atoms with Gasteiger partial charge in [-0.15, -0.1) is 0 Å². The van der Waals surface area contributed by atoms with Gasteiger partial charge in [0.15, 0.2) is 0 Å². The average Bonchev–Trinajstić information content (AvgIpc) is 3.34. The Kier molecular flexibility index (Phi) is 6.52. The van der Waals surface area contributed by atoms with Crippen molar-refractivity contribution < 1.29 is 0 Å². The second kappa shape index (κ2) is 9.66. The van der Waals surface area contributed by atoms with Crippen LogP contribution in [0.5, 0.6) is 0 Å². The minimum atomic E-state index is 0.120. The van der Waals surface area contributed by atoms with Crippen LogP contribution in [0.25, 0.3) is 11.1 Å². The van der Waals surface area contributed by atoms with E-state index in [1.54, 1.807) is 0 Å². The van der Waals surface area contributed by atoms with Crippen LogP contribution in [0.2, 0.25) is 0 Å². The number of nitrogens with zero attached hydrogens (tertiary/aromatic N) is 3. The van der Waals surface area contributed by atoms with E-state index in [0.29, 0.717) is 12.1 Å². The summed E-state index contributed by atoms with van der Waals surface area (Å²) in [6.45, 7) is 4.69. The summed E-state index contributed by atoms with van der Waals surface area (Å²) >= 11 is 0. The van der Waals surface area contributed by atoms with E-state index in [-0.39, 0.29) is 5.56 Å². The largest absolute Gasteiger partial charge is 0.367 e. The highest BCUT2D eigenvalue weighted by molar-refractivity contribution is 5.70. The smallest absolute Gasteiger partial charge is 0.274 e. The first-order valence-corrected chi connectivity index (χ1v) is 11.3. The van der Waals surface area contributed by atoms with Gasteiger partial charge in [-0.25, -0.2) is 0 Å². The van der Waals surface area contributed by atoms with Gasteiger partial charge in [-0.1, -0.05) is 55.8 Å². The third-order valence-corrected chi connectivity index (χ3v) is 6.13. The number of anilines is 1. The molecule has 0 amide bonds. The molecule has 1 aromatic heterocycles. The topological polar surface area (TPSA) is 49.0 Å². The van der Waals surface area contributed by atoms with E-state index in [4.69, 9.17) is 0 Å².